The van der Waals surface area contributed by atoms with Crippen molar-refractivity contribution in [2.24, 2.45) is 0 Å². The van der Waals surface area contributed by atoms with Crippen molar-refractivity contribution >= 4 is 17.1 Å². The molecule has 0 amide bonds. The first kappa shape index (κ1) is 14.2. The predicted molar refractivity (Wildman–Crippen MR) is 81.3 cm³/mol. The maximum atomic E-state index is 14.1. The fraction of sp³-hybridized carbons (Fsp3) is 0.250. The van der Waals surface area contributed by atoms with Gasteiger partial charge in [-0.25, -0.2) is 4.39 Å². The number of rotatable bonds is 3. The van der Waals surface area contributed by atoms with Crippen molar-refractivity contribution in [2.45, 2.75) is 13.8 Å². The van der Waals surface area contributed by atoms with Crippen molar-refractivity contribution in [2.75, 3.05) is 24.8 Å². The number of ether oxygens (including phenoxy) is 1. The third-order valence-electron chi connectivity index (χ3n) is 3.25. The number of hydrogen-bond donors (Lipinski definition) is 1. The van der Waals surface area contributed by atoms with E-state index in [0.29, 0.717) is 17.1 Å². The molecule has 0 saturated carbocycles. The van der Waals surface area contributed by atoms with Crippen LogP contribution in [0, 0.1) is 19.7 Å². The third-order valence-corrected chi connectivity index (χ3v) is 3.25. The molecule has 0 spiro atoms. The molecule has 2 aromatic rings. The van der Waals surface area contributed by atoms with Crippen LogP contribution in [-0.2, 0) is 0 Å². The molecule has 4 heteroatoms. The topological polar surface area (TPSA) is 38.5 Å². The summed E-state index contributed by atoms with van der Waals surface area (Å²) in [5.41, 5.74) is 9.62. The van der Waals surface area contributed by atoms with Crippen molar-refractivity contribution in [3.8, 4) is 5.75 Å². The van der Waals surface area contributed by atoms with Crippen LogP contribution in [0.15, 0.2) is 30.3 Å². The van der Waals surface area contributed by atoms with Gasteiger partial charge in [0.15, 0.2) is 0 Å². The summed E-state index contributed by atoms with van der Waals surface area (Å²) < 4.78 is 19.3. The first-order valence-electron chi connectivity index (χ1n) is 6.37. The second-order valence-electron chi connectivity index (χ2n) is 4.95. The zero-order valence-electron chi connectivity index (χ0n) is 12.2. The number of nitrogens with two attached hydrogens (primary N) is 1. The minimum absolute atomic E-state index is 0.294. The van der Waals surface area contributed by atoms with Crippen molar-refractivity contribution in [3.63, 3.8) is 0 Å². The molecule has 0 bridgehead atoms. The fourth-order valence-corrected chi connectivity index (χ4v) is 2.28. The van der Waals surface area contributed by atoms with Crippen LogP contribution in [0.1, 0.15) is 11.1 Å². The van der Waals surface area contributed by atoms with Crippen LogP contribution in [0.5, 0.6) is 5.75 Å². The van der Waals surface area contributed by atoms with Crippen LogP contribution in [0.25, 0.3) is 0 Å². The average molecular weight is 274 g/mol. The summed E-state index contributed by atoms with van der Waals surface area (Å²) in [6, 6.07) is 9.00. The second kappa shape index (κ2) is 5.41. The fourth-order valence-electron chi connectivity index (χ4n) is 2.28. The summed E-state index contributed by atoms with van der Waals surface area (Å²) in [6.07, 6.45) is 0. The SMILES string of the molecule is COc1cc(N(C)c2cc(C)cc(C)c2)c(F)cc1N. The summed E-state index contributed by atoms with van der Waals surface area (Å²) in [7, 11) is 3.34. The maximum absolute atomic E-state index is 14.1. The van der Waals surface area contributed by atoms with Gasteiger partial charge in [0, 0.05) is 24.9 Å². The number of anilines is 3. The van der Waals surface area contributed by atoms with Gasteiger partial charge < -0.3 is 15.4 Å². The largest absolute Gasteiger partial charge is 0.495 e. The van der Waals surface area contributed by atoms with Crippen LogP contribution < -0.4 is 15.4 Å². The van der Waals surface area contributed by atoms with Crippen molar-refractivity contribution in [1.82, 2.24) is 0 Å². The molecule has 0 radical (unpaired) electrons. The summed E-state index contributed by atoms with van der Waals surface area (Å²) in [5, 5.41) is 0. The van der Waals surface area contributed by atoms with E-state index in [2.05, 4.69) is 6.07 Å². The minimum atomic E-state index is -0.370. The van der Waals surface area contributed by atoms with Gasteiger partial charge in [-0.05, 0) is 37.1 Å². The summed E-state index contributed by atoms with van der Waals surface area (Å²) in [5.74, 6) is 0.0996. The number of hydrogen-bond acceptors (Lipinski definition) is 3. The molecular weight excluding hydrogens is 255 g/mol. The van der Waals surface area contributed by atoms with Crippen LogP contribution in [0.2, 0.25) is 0 Å². The Morgan fingerprint density at radius 1 is 1.05 bits per heavy atom. The normalized spacial score (nSPS) is 10.4. The molecule has 2 rings (SSSR count). The number of aryl methyl sites for hydroxylation is 2. The van der Waals surface area contributed by atoms with Gasteiger partial charge in [0.05, 0.1) is 18.5 Å². The van der Waals surface area contributed by atoms with Crippen molar-refractivity contribution < 1.29 is 9.13 Å². The number of halogens is 1. The Morgan fingerprint density at radius 2 is 1.65 bits per heavy atom. The molecule has 0 aliphatic carbocycles. The van der Waals surface area contributed by atoms with E-state index in [-0.39, 0.29) is 5.82 Å². The van der Waals surface area contributed by atoms with Gasteiger partial charge in [0.25, 0.3) is 0 Å². The third kappa shape index (κ3) is 2.69. The summed E-state index contributed by atoms with van der Waals surface area (Å²) in [6.45, 7) is 4.04. The minimum Gasteiger partial charge on any atom is -0.495 e. The molecule has 2 aromatic carbocycles. The predicted octanol–water partition coefficient (Wildman–Crippen LogP) is 3.80. The first-order valence-corrected chi connectivity index (χ1v) is 6.37. The molecule has 0 atom stereocenters. The van der Waals surface area contributed by atoms with Crippen LogP contribution in [0.3, 0.4) is 0 Å². The molecule has 0 aliphatic heterocycles. The van der Waals surface area contributed by atoms with Crippen LogP contribution in [0.4, 0.5) is 21.5 Å². The molecule has 0 aliphatic rings. The number of nitrogens with zero attached hydrogens (tertiary/aromatic N) is 1. The van der Waals surface area contributed by atoms with Crippen molar-refractivity contribution in [1.29, 1.82) is 0 Å². The number of methoxy groups -OCH3 is 1. The highest BCUT2D eigenvalue weighted by Crippen LogP contribution is 2.34. The average Bonchev–Trinajstić information content (AvgIpc) is 2.37. The van der Waals surface area contributed by atoms with Gasteiger partial charge >= 0.3 is 0 Å². The molecule has 0 aromatic heterocycles. The lowest BCUT2D eigenvalue weighted by atomic mass is 10.1. The molecule has 20 heavy (non-hydrogen) atoms. The number of benzene rings is 2. The Kier molecular flexibility index (Phi) is 3.84. The Hall–Kier alpha value is -2.23. The van der Waals surface area contributed by atoms with Gasteiger partial charge in [-0.2, -0.15) is 0 Å². The van der Waals surface area contributed by atoms with E-state index in [1.165, 1.54) is 13.2 Å². The Balaban J connectivity index is 2.49. The van der Waals surface area contributed by atoms with Crippen LogP contribution >= 0.6 is 0 Å². The molecule has 2 N–H and O–H groups in total. The highest BCUT2D eigenvalue weighted by Gasteiger charge is 2.14. The molecule has 106 valence electrons. The second-order valence-corrected chi connectivity index (χ2v) is 4.95. The maximum Gasteiger partial charge on any atom is 0.149 e. The van der Waals surface area contributed by atoms with Gasteiger partial charge in [0.2, 0.25) is 0 Å². The van der Waals surface area contributed by atoms with E-state index >= 15 is 0 Å². The lowest BCUT2D eigenvalue weighted by Crippen LogP contribution is -2.12. The zero-order chi connectivity index (χ0) is 14.9. The lowest BCUT2D eigenvalue weighted by molar-refractivity contribution is 0.416. The highest BCUT2D eigenvalue weighted by atomic mass is 19.1. The van der Waals surface area contributed by atoms with E-state index in [4.69, 9.17) is 10.5 Å². The molecule has 0 heterocycles. The van der Waals surface area contributed by atoms with Gasteiger partial charge in [-0.1, -0.05) is 6.07 Å². The molecule has 3 nitrogen and oxygen atoms in total. The van der Waals surface area contributed by atoms with E-state index < -0.39 is 0 Å². The quantitative estimate of drug-likeness (QED) is 0.865. The molecular formula is C16H19FN2O. The van der Waals surface area contributed by atoms with E-state index in [0.717, 1.165) is 16.8 Å². The summed E-state index contributed by atoms with van der Waals surface area (Å²) in [4.78, 5) is 1.79. The highest BCUT2D eigenvalue weighted by molar-refractivity contribution is 5.70. The Labute approximate surface area is 118 Å². The standard InChI is InChI=1S/C16H19FN2O/c1-10-5-11(2)7-12(6-10)19(3)15-9-16(20-4)14(18)8-13(15)17/h5-9H,18H2,1-4H3. The number of nitrogen functional groups attached to an aromatic ring is 1. The van der Waals surface area contributed by atoms with Gasteiger partial charge in [0.1, 0.15) is 11.6 Å². The molecule has 0 saturated heterocycles. The first-order chi connectivity index (χ1) is 9.42. The van der Waals surface area contributed by atoms with Crippen molar-refractivity contribution in [3.05, 3.63) is 47.3 Å². The van der Waals surface area contributed by atoms with E-state index in [1.807, 2.05) is 33.0 Å². The Morgan fingerprint density at radius 3 is 2.20 bits per heavy atom. The van der Waals surface area contributed by atoms with Gasteiger partial charge in [-0.15, -0.1) is 0 Å². The molecule has 0 unspecified atom stereocenters. The smallest absolute Gasteiger partial charge is 0.149 e. The molecule has 0 fully saturated rings. The Bertz CT molecular complexity index is 620. The lowest BCUT2D eigenvalue weighted by Gasteiger charge is -2.22. The monoisotopic (exact) mass is 274 g/mol. The zero-order valence-corrected chi connectivity index (χ0v) is 12.2. The van der Waals surface area contributed by atoms with Gasteiger partial charge in [-0.3, -0.25) is 0 Å². The van der Waals surface area contributed by atoms with Crippen LogP contribution in [-0.4, -0.2) is 14.2 Å². The summed E-state index contributed by atoms with van der Waals surface area (Å²) >= 11 is 0. The van der Waals surface area contributed by atoms with E-state index in [1.54, 1.807) is 11.0 Å². The van der Waals surface area contributed by atoms with E-state index in [9.17, 15) is 4.39 Å².